The summed E-state index contributed by atoms with van der Waals surface area (Å²) < 4.78 is 6.26. The van der Waals surface area contributed by atoms with Gasteiger partial charge in [-0.25, -0.2) is 0 Å². The standard InChI is InChI=1S/C21H23BrN2O2/c1-24-11-3-4-15-13-19(8-5-17(15)14-24)23-21(25)10-6-16-12-18(22)7-9-20(16)26-2/h5-10,12-13H,3-4,11,14H2,1-2H3,(H,23,25)/b10-6+. The van der Waals surface area contributed by atoms with Crippen LogP contribution in [0.1, 0.15) is 23.1 Å². The van der Waals surface area contributed by atoms with Crippen molar-refractivity contribution in [1.29, 1.82) is 0 Å². The highest BCUT2D eigenvalue weighted by molar-refractivity contribution is 9.10. The number of carbonyl (C=O) groups excluding carboxylic acids is 1. The fourth-order valence-corrected chi connectivity index (χ4v) is 3.56. The van der Waals surface area contributed by atoms with Crippen molar-refractivity contribution in [3.8, 4) is 5.75 Å². The molecule has 0 spiro atoms. The van der Waals surface area contributed by atoms with Gasteiger partial charge in [-0.15, -0.1) is 0 Å². The lowest BCUT2D eigenvalue weighted by Gasteiger charge is -2.14. The van der Waals surface area contributed by atoms with Crippen molar-refractivity contribution in [3.63, 3.8) is 0 Å². The molecule has 1 aliphatic heterocycles. The number of benzene rings is 2. The van der Waals surface area contributed by atoms with Crippen LogP contribution in [-0.4, -0.2) is 31.5 Å². The maximum Gasteiger partial charge on any atom is 0.248 e. The fourth-order valence-electron chi connectivity index (χ4n) is 3.18. The average molecular weight is 415 g/mol. The first-order chi connectivity index (χ1) is 12.5. The zero-order valence-electron chi connectivity index (χ0n) is 15.1. The first-order valence-electron chi connectivity index (χ1n) is 8.68. The Morgan fingerprint density at radius 1 is 1.23 bits per heavy atom. The zero-order valence-corrected chi connectivity index (χ0v) is 16.7. The van der Waals surface area contributed by atoms with Crippen molar-refractivity contribution in [2.75, 3.05) is 26.0 Å². The maximum absolute atomic E-state index is 12.3. The summed E-state index contributed by atoms with van der Waals surface area (Å²) in [6, 6.07) is 11.9. The minimum atomic E-state index is -0.155. The van der Waals surface area contributed by atoms with E-state index in [0.717, 1.165) is 47.4 Å². The Morgan fingerprint density at radius 3 is 2.88 bits per heavy atom. The molecule has 1 aliphatic rings. The highest BCUT2D eigenvalue weighted by Gasteiger charge is 2.12. The van der Waals surface area contributed by atoms with E-state index in [2.05, 4.69) is 45.3 Å². The Hall–Kier alpha value is -2.11. The third-order valence-electron chi connectivity index (χ3n) is 4.51. The number of methoxy groups -OCH3 is 1. The van der Waals surface area contributed by atoms with Gasteiger partial charge in [0.05, 0.1) is 7.11 Å². The minimum absolute atomic E-state index is 0.155. The Balaban J connectivity index is 1.71. The van der Waals surface area contributed by atoms with Gasteiger partial charge in [0.2, 0.25) is 5.91 Å². The van der Waals surface area contributed by atoms with E-state index < -0.39 is 0 Å². The van der Waals surface area contributed by atoms with Gasteiger partial charge in [-0.05, 0) is 74.0 Å². The summed E-state index contributed by atoms with van der Waals surface area (Å²) in [6.07, 6.45) is 5.49. The molecule has 2 aromatic rings. The minimum Gasteiger partial charge on any atom is -0.496 e. The zero-order chi connectivity index (χ0) is 18.5. The molecule has 0 aromatic heterocycles. The molecule has 5 heteroatoms. The predicted molar refractivity (Wildman–Crippen MR) is 109 cm³/mol. The van der Waals surface area contributed by atoms with Gasteiger partial charge in [-0.2, -0.15) is 0 Å². The van der Waals surface area contributed by atoms with Gasteiger partial charge < -0.3 is 15.0 Å². The molecule has 136 valence electrons. The van der Waals surface area contributed by atoms with E-state index in [0.29, 0.717) is 0 Å². The number of amides is 1. The number of fused-ring (bicyclic) bond motifs is 1. The van der Waals surface area contributed by atoms with Crippen molar-refractivity contribution < 1.29 is 9.53 Å². The molecule has 4 nitrogen and oxygen atoms in total. The summed E-state index contributed by atoms with van der Waals surface area (Å²) in [6.45, 7) is 2.07. The van der Waals surface area contributed by atoms with Crippen molar-refractivity contribution in [1.82, 2.24) is 4.90 Å². The van der Waals surface area contributed by atoms with Crippen LogP contribution in [0, 0.1) is 0 Å². The molecular formula is C21H23BrN2O2. The van der Waals surface area contributed by atoms with Gasteiger partial charge in [0.1, 0.15) is 5.75 Å². The molecule has 3 rings (SSSR count). The van der Waals surface area contributed by atoms with E-state index in [1.165, 1.54) is 17.2 Å². The number of carbonyl (C=O) groups is 1. The van der Waals surface area contributed by atoms with Crippen LogP contribution < -0.4 is 10.1 Å². The van der Waals surface area contributed by atoms with Gasteiger partial charge in [0.25, 0.3) is 0 Å². The largest absolute Gasteiger partial charge is 0.496 e. The number of halogens is 1. The van der Waals surface area contributed by atoms with E-state index in [4.69, 9.17) is 4.74 Å². The monoisotopic (exact) mass is 414 g/mol. The predicted octanol–water partition coefficient (Wildman–Crippen LogP) is 4.49. The highest BCUT2D eigenvalue weighted by Crippen LogP contribution is 2.25. The summed E-state index contributed by atoms with van der Waals surface area (Å²) >= 11 is 3.44. The van der Waals surface area contributed by atoms with Gasteiger partial charge in [-0.3, -0.25) is 4.79 Å². The number of hydrogen-bond acceptors (Lipinski definition) is 3. The first kappa shape index (κ1) is 18.7. The molecule has 0 saturated carbocycles. The summed E-state index contributed by atoms with van der Waals surface area (Å²) in [7, 11) is 3.76. The lowest BCUT2D eigenvalue weighted by Crippen LogP contribution is -2.17. The van der Waals surface area contributed by atoms with Crippen LogP contribution in [0.3, 0.4) is 0 Å². The maximum atomic E-state index is 12.3. The molecule has 26 heavy (non-hydrogen) atoms. The summed E-state index contributed by atoms with van der Waals surface area (Å²) in [5.74, 6) is 0.573. The number of ether oxygens (including phenoxy) is 1. The second kappa shape index (κ2) is 8.52. The van der Waals surface area contributed by atoms with Crippen LogP contribution in [-0.2, 0) is 17.8 Å². The molecule has 0 bridgehead atoms. The summed E-state index contributed by atoms with van der Waals surface area (Å²) in [5, 5.41) is 2.95. The first-order valence-corrected chi connectivity index (χ1v) is 9.47. The number of nitrogens with one attached hydrogen (secondary N) is 1. The smallest absolute Gasteiger partial charge is 0.248 e. The van der Waals surface area contributed by atoms with Crippen LogP contribution in [0.2, 0.25) is 0 Å². The van der Waals surface area contributed by atoms with E-state index in [-0.39, 0.29) is 5.91 Å². The molecule has 0 saturated heterocycles. The van der Waals surface area contributed by atoms with Gasteiger partial charge in [0, 0.05) is 28.3 Å². The third-order valence-corrected chi connectivity index (χ3v) is 5.00. The average Bonchev–Trinajstić information content (AvgIpc) is 2.80. The SMILES string of the molecule is COc1ccc(Br)cc1/C=C/C(=O)Nc1ccc2c(c1)CCCN(C)C2. The Bertz CT molecular complexity index is 833. The molecule has 2 aromatic carbocycles. The van der Waals surface area contributed by atoms with Gasteiger partial charge in [0.15, 0.2) is 0 Å². The molecular weight excluding hydrogens is 392 g/mol. The van der Waals surface area contributed by atoms with Crippen molar-refractivity contribution >= 4 is 33.6 Å². The van der Waals surface area contributed by atoms with Crippen molar-refractivity contribution in [3.05, 3.63) is 63.6 Å². The molecule has 0 aliphatic carbocycles. The third kappa shape index (κ3) is 4.74. The number of nitrogens with zero attached hydrogens (tertiary/aromatic N) is 1. The quantitative estimate of drug-likeness (QED) is 0.749. The van der Waals surface area contributed by atoms with Crippen LogP contribution in [0.15, 0.2) is 46.9 Å². The van der Waals surface area contributed by atoms with E-state index in [1.54, 1.807) is 13.2 Å². The lowest BCUT2D eigenvalue weighted by molar-refractivity contribution is -0.111. The normalized spacial score (nSPS) is 14.7. The molecule has 0 fully saturated rings. The number of anilines is 1. The second-order valence-corrected chi connectivity index (χ2v) is 7.45. The number of hydrogen-bond donors (Lipinski definition) is 1. The Kier molecular flexibility index (Phi) is 6.12. The van der Waals surface area contributed by atoms with Gasteiger partial charge >= 0.3 is 0 Å². The topological polar surface area (TPSA) is 41.6 Å². The van der Waals surface area contributed by atoms with Crippen LogP contribution in [0.5, 0.6) is 5.75 Å². The molecule has 0 atom stereocenters. The molecule has 1 amide bonds. The van der Waals surface area contributed by atoms with Gasteiger partial charge in [-0.1, -0.05) is 22.0 Å². The Labute approximate surface area is 163 Å². The number of rotatable bonds is 4. The molecule has 0 unspecified atom stereocenters. The molecule has 1 heterocycles. The Morgan fingerprint density at radius 2 is 2.08 bits per heavy atom. The highest BCUT2D eigenvalue weighted by atomic mass is 79.9. The number of aryl methyl sites for hydroxylation is 1. The molecule has 1 N–H and O–H groups in total. The van der Waals surface area contributed by atoms with Crippen molar-refractivity contribution in [2.45, 2.75) is 19.4 Å². The van der Waals surface area contributed by atoms with Crippen LogP contribution in [0.25, 0.3) is 6.08 Å². The lowest BCUT2D eigenvalue weighted by atomic mass is 10.0. The van der Waals surface area contributed by atoms with E-state index >= 15 is 0 Å². The summed E-state index contributed by atoms with van der Waals surface area (Å²) in [4.78, 5) is 14.6. The van der Waals surface area contributed by atoms with E-state index in [9.17, 15) is 4.79 Å². The van der Waals surface area contributed by atoms with E-state index in [1.807, 2.05) is 24.3 Å². The fraction of sp³-hybridized carbons (Fsp3) is 0.286. The second-order valence-electron chi connectivity index (χ2n) is 6.53. The van der Waals surface area contributed by atoms with Crippen molar-refractivity contribution in [2.24, 2.45) is 0 Å². The van der Waals surface area contributed by atoms with Crippen LogP contribution >= 0.6 is 15.9 Å². The van der Waals surface area contributed by atoms with Crippen LogP contribution in [0.4, 0.5) is 5.69 Å². The molecule has 0 radical (unpaired) electrons. The summed E-state index contributed by atoms with van der Waals surface area (Å²) in [5.41, 5.74) is 4.35.